The van der Waals surface area contributed by atoms with E-state index in [1.54, 1.807) is 31.3 Å². The molecule has 34 heavy (non-hydrogen) atoms. The van der Waals surface area contributed by atoms with Crippen LogP contribution >= 0.6 is 23.1 Å². The number of hydrogen-bond donors (Lipinski definition) is 2. The van der Waals surface area contributed by atoms with Gasteiger partial charge < -0.3 is 5.32 Å². The lowest BCUT2D eigenvalue weighted by atomic mass is 10.0. The molecule has 0 aliphatic rings. The summed E-state index contributed by atoms with van der Waals surface area (Å²) in [6.07, 6.45) is 0. The van der Waals surface area contributed by atoms with Crippen LogP contribution in [0.3, 0.4) is 0 Å². The second kappa shape index (κ2) is 10.5. The van der Waals surface area contributed by atoms with Gasteiger partial charge in [0.25, 0.3) is 5.91 Å². The summed E-state index contributed by atoms with van der Waals surface area (Å²) in [5, 5.41) is 26.6. The molecule has 0 unspecified atom stereocenters. The summed E-state index contributed by atoms with van der Waals surface area (Å²) in [5.74, 6) is 0.114. The molecule has 2 aromatic carbocycles. The molecule has 0 bridgehead atoms. The first kappa shape index (κ1) is 23.5. The number of anilines is 2. The summed E-state index contributed by atoms with van der Waals surface area (Å²) in [5.41, 5.74) is 3.23. The molecule has 4 rings (SSSR count). The summed E-state index contributed by atoms with van der Waals surface area (Å²) in [7, 11) is 1.70. The Hall–Kier alpha value is -3.64. The molecule has 0 spiro atoms. The minimum absolute atomic E-state index is 0.163. The van der Waals surface area contributed by atoms with Gasteiger partial charge in [0.05, 0.1) is 5.75 Å². The highest BCUT2D eigenvalue weighted by molar-refractivity contribution is 7.99. The molecule has 0 saturated heterocycles. The summed E-state index contributed by atoms with van der Waals surface area (Å²) in [6.45, 7) is 4.29. The number of benzene rings is 2. The van der Waals surface area contributed by atoms with Gasteiger partial charge in [-0.2, -0.15) is 0 Å². The number of thioether (sulfide) groups is 1. The van der Waals surface area contributed by atoms with Gasteiger partial charge >= 0.3 is 0 Å². The van der Waals surface area contributed by atoms with Gasteiger partial charge in [0.2, 0.25) is 16.2 Å². The standard InChI is InChI=1S/C22H22N8O2S2/c1-13(2)14-4-6-16(7-5-14)20-25-26-21(34-20)24-19(32)15-8-10-17(11-9-15)23-18(31)12-33-22-27-28-29-30(22)3/h4-11,13H,12H2,1-3H3,(H,23,31)(H,24,26,32). The van der Waals surface area contributed by atoms with Crippen molar-refractivity contribution in [3.8, 4) is 10.6 Å². The van der Waals surface area contributed by atoms with Gasteiger partial charge in [-0.25, -0.2) is 4.68 Å². The number of amides is 2. The lowest BCUT2D eigenvalue weighted by molar-refractivity contribution is -0.113. The number of carbonyl (C=O) groups is 2. The van der Waals surface area contributed by atoms with Crippen molar-refractivity contribution in [3.63, 3.8) is 0 Å². The van der Waals surface area contributed by atoms with Crippen molar-refractivity contribution in [1.29, 1.82) is 0 Å². The van der Waals surface area contributed by atoms with Gasteiger partial charge in [-0.15, -0.1) is 15.3 Å². The second-order valence-electron chi connectivity index (χ2n) is 7.64. The van der Waals surface area contributed by atoms with E-state index < -0.39 is 0 Å². The Balaban J connectivity index is 1.31. The molecule has 0 saturated carbocycles. The molecule has 4 aromatic rings. The van der Waals surface area contributed by atoms with Crippen LogP contribution in [0, 0.1) is 0 Å². The van der Waals surface area contributed by atoms with E-state index in [0.717, 1.165) is 10.6 Å². The first-order chi connectivity index (χ1) is 16.4. The van der Waals surface area contributed by atoms with E-state index in [1.165, 1.54) is 33.3 Å². The molecule has 10 nitrogen and oxygen atoms in total. The molecule has 0 radical (unpaired) electrons. The molecule has 0 atom stereocenters. The number of nitrogens with one attached hydrogen (secondary N) is 2. The van der Waals surface area contributed by atoms with Crippen LogP contribution in [0.5, 0.6) is 0 Å². The fraction of sp³-hybridized carbons (Fsp3) is 0.227. The molecule has 2 N–H and O–H groups in total. The second-order valence-corrected chi connectivity index (χ2v) is 9.56. The average molecular weight is 495 g/mol. The van der Waals surface area contributed by atoms with E-state index in [2.05, 4.69) is 62.3 Å². The predicted octanol–water partition coefficient (Wildman–Crippen LogP) is 3.84. The highest BCUT2D eigenvalue weighted by Crippen LogP contribution is 2.28. The van der Waals surface area contributed by atoms with Crippen LogP contribution in [0.25, 0.3) is 10.6 Å². The Kier molecular flexibility index (Phi) is 7.28. The Bertz CT molecular complexity index is 1280. The van der Waals surface area contributed by atoms with Gasteiger partial charge in [-0.3, -0.25) is 14.9 Å². The number of aromatic nitrogens is 6. The third kappa shape index (κ3) is 5.83. The van der Waals surface area contributed by atoms with Crippen LogP contribution < -0.4 is 10.6 Å². The van der Waals surface area contributed by atoms with Crippen molar-refractivity contribution in [2.75, 3.05) is 16.4 Å². The molecular weight excluding hydrogens is 472 g/mol. The number of rotatable bonds is 8. The van der Waals surface area contributed by atoms with Crippen LogP contribution in [0.1, 0.15) is 35.7 Å². The molecule has 0 aliphatic carbocycles. The topological polar surface area (TPSA) is 128 Å². The van der Waals surface area contributed by atoms with Gasteiger partial charge in [-0.1, -0.05) is 61.2 Å². The molecule has 2 heterocycles. The maximum Gasteiger partial charge on any atom is 0.257 e. The lowest BCUT2D eigenvalue weighted by Gasteiger charge is -2.06. The molecular formula is C22H22N8O2S2. The van der Waals surface area contributed by atoms with Crippen LogP contribution in [-0.4, -0.2) is 48.0 Å². The molecule has 174 valence electrons. The third-order valence-electron chi connectivity index (χ3n) is 4.81. The molecule has 0 aliphatic heterocycles. The monoisotopic (exact) mass is 494 g/mol. The minimum Gasteiger partial charge on any atom is -0.325 e. The van der Waals surface area contributed by atoms with Gasteiger partial charge in [0.1, 0.15) is 5.01 Å². The minimum atomic E-state index is -0.305. The fourth-order valence-corrected chi connectivity index (χ4v) is 4.34. The average Bonchev–Trinajstić information content (AvgIpc) is 3.47. The van der Waals surface area contributed by atoms with Crippen molar-refractivity contribution >= 4 is 45.7 Å². The van der Waals surface area contributed by atoms with Crippen LogP contribution in [0.2, 0.25) is 0 Å². The van der Waals surface area contributed by atoms with E-state index >= 15 is 0 Å². The zero-order chi connectivity index (χ0) is 24.1. The zero-order valence-electron chi connectivity index (χ0n) is 18.7. The van der Waals surface area contributed by atoms with Crippen molar-refractivity contribution in [1.82, 2.24) is 30.4 Å². The summed E-state index contributed by atoms with van der Waals surface area (Å²) >= 11 is 2.54. The number of carbonyl (C=O) groups excluding carboxylic acids is 2. The first-order valence-corrected chi connectivity index (χ1v) is 12.2. The van der Waals surface area contributed by atoms with E-state index in [1.807, 2.05) is 12.1 Å². The number of tetrazole rings is 1. The van der Waals surface area contributed by atoms with Crippen molar-refractivity contribution in [2.45, 2.75) is 24.9 Å². The Labute approximate surface area is 204 Å². The zero-order valence-corrected chi connectivity index (χ0v) is 20.4. The predicted molar refractivity (Wildman–Crippen MR) is 132 cm³/mol. The number of aryl methyl sites for hydroxylation is 1. The lowest BCUT2D eigenvalue weighted by Crippen LogP contribution is -2.15. The van der Waals surface area contributed by atoms with E-state index in [0.29, 0.717) is 27.5 Å². The number of hydrogen-bond acceptors (Lipinski definition) is 9. The van der Waals surface area contributed by atoms with Crippen molar-refractivity contribution in [2.24, 2.45) is 7.05 Å². The smallest absolute Gasteiger partial charge is 0.257 e. The Morgan fingerprint density at radius 3 is 2.38 bits per heavy atom. The first-order valence-electron chi connectivity index (χ1n) is 10.4. The van der Waals surface area contributed by atoms with Crippen LogP contribution in [-0.2, 0) is 11.8 Å². The van der Waals surface area contributed by atoms with Gasteiger partial charge in [-0.05, 0) is 46.2 Å². The summed E-state index contributed by atoms with van der Waals surface area (Å²) < 4.78 is 1.49. The maximum absolute atomic E-state index is 12.6. The molecule has 0 fully saturated rings. The molecule has 12 heteroatoms. The van der Waals surface area contributed by atoms with E-state index in [-0.39, 0.29) is 17.6 Å². The fourth-order valence-electron chi connectivity index (χ4n) is 2.95. The SMILES string of the molecule is CC(C)c1ccc(-c2nnc(NC(=O)c3ccc(NC(=O)CSc4nnnn4C)cc3)s2)cc1. The van der Waals surface area contributed by atoms with E-state index in [4.69, 9.17) is 0 Å². The Morgan fingerprint density at radius 2 is 1.74 bits per heavy atom. The van der Waals surface area contributed by atoms with Crippen LogP contribution in [0.4, 0.5) is 10.8 Å². The maximum atomic E-state index is 12.6. The quantitative estimate of drug-likeness (QED) is 0.354. The highest BCUT2D eigenvalue weighted by atomic mass is 32.2. The van der Waals surface area contributed by atoms with Crippen molar-refractivity contribution < 1.29 is 9.59 Å². The largest absolute Gasteiger partial charge is 0.325 e. The van der Waals surface area contributed by atoms with E-state index in [9.17, 15) is 9.59 Å². The Morgan fingerprint density at radius 1 is 1.00 bits per heavy atom. The molecule has 2 aromatic heterocycles. The van der Waals surface area contributed by atoms with Gasteiger partial charge in [0, 0.05) is 23.9 Å². The number of nitrogens with zero attached hydrogens (tertiary/aromatic N) is 6. The summed E-state index contributed by atoms with van der Waals surface area (Å²) in [6, 6.07) is 14.8. The van der Waals surface area contributed by atoms with Gasteiger partial charge in [0.15, 0.2) is 0 Å². The van der Waals surface area contributed by atoms with Crippen molar-refractivity contribution in [3.05, 3.63) is 59.7 Å². The molecule has 2 amide bonds. The third-order valence-corrected chi connectivity index (χ3v) is 6.71. The summed E-state index contributed by atoms with van der Waals surface area (Å²) in [4.78, 5) is 24.7. The normalized spacial score (nSPS) is 10.9. The van der Waals surface area contributed by atoms with Crippen LogP contribution in [0.15, 0.2) is 53.7 Å². The highest BCUT2D eigenvalue weighted by Gasteiger charge is 2.13.